The zero-order chi connectivity index (χ0) is 10.8. The first kappa shape index (κ1) is 10.2. The maximum atomic E-state index is 3.49. The fourth-order valence-electron chi connectivity index (χ4n) is 2.00. The molecule has 2 heteroatoms. The molecule has 2 rings (SSSR count). The van der Waals surface area contributed by atoms with Gasteiger partial charge in [0.05, 0.1) is 0 Å². The third-order valence-electron chi connectivity index (χ3n) is 2.94. The van der Waals surface area contributed by atoms with Gasteiger partial charge in [0, 0.05) is 29.6 Å². The second-order valence-corrected chi connectivity index (χ2v) is 4.13. The van der Waals surface area contributed by atoms with Gasteiger partial charge in [-0.15, -0.1) is 0 Å². The van der Waals surface area contributed by atoms with Gasteiger partial charge in [0.25, 0.3) is 0 Å². The molecule has 0 saturated heterocycles. The number of nitrogens with one attached hydrogen (secondary N) is 2. The van der Waals surface area contributed by atoms with Crippen LogP contribution in [0.1, 0.15) is 16.8 Å². The van der Waals surface area contributed by atoms with E-state index in [1.165, 1.54) is 27.7 Å². The van der Waals surface area contributed by atoms with E-state index in [4.69, 9.17) is 0 Å². The Labute approximate surface area is 90.7 Å². The summed E-state index contributed by atoms with van der Waals surface area (Å²) in [7, 11) is 1.99. The molecule has 0 bridgehead atoms. The lowest BCUT2D eigenvalue weighted by atomic mass is 10.1. The van der Waals surface area contributed by atoms with E-state index in [2.05, 4.69) is 42.3 Å². The van der Waals surface area contributed by atoms with Crippen LogP contribution in [0, 0.1) is 13.8 Å². The molecule has 1 heterocycles. The van der Waals surface area contributed by atoms with Crippen molar-refractivity contribution in [1.82, 2.24) is 10.3 Å². The van der Waals surface area contributed by atoms with Crippen LogP contribution < -0.4 is 5.32 Å². The Morgan fingerprint density at radius 1 is 1.27 bits per heavy atom. The Morgan fingerprint density at radius 2 is 2.07 bits per heavy atom. The SMILES string of the molecule is CNCCc1[nH]c2ccc(C)cc2c1C. The fraction of sp³-hybridized carbons (Fsp3) is 0.385. The summed E-state index contributed by atoms with van der Waals surface area (Å²) in [5.41, 5.74) is 5.32. The van der Waals surface area contributed by atoms with Crippen LogP contribution in [0.5, 0.6) is 0 Å². The van der Waals surface area contributed by atoms with E-state index in [0.29, 0.717) is 0 Å². The lowest BCUT2D eigenvalue weighted by Gasteiger charge is -1.98. The molecule has 0 aliphatic rings. The van der Waals surface area contributed by atoms with Gasteiger partial charge in [0.15, 0.2) is 0 Å². The predicted octanol–water partition coefficient (Wildman–Crippen LogP) is 2.55. The summed E-state index contributed by atoms with van der Waals surface area (Å²) in [6.45, 7) is 5.36. The Kier molecular flexibility index (Phi) is 2.78. The Bertz CT molecular complexity index is 469. The summed E-state index contributed by atoms with van der Waals surface area (Å²) in [6, 6.07) is 6.57. The van der Waals surface area contributed by atoms with E-state index < -0.39 is 0 Å². The molecule has 0 atom stereocenters. The van der Waals surface area contributed by atoms with Crippen LogP contribution >= 0.6 is 0 Å². The maximum absolute atomic E-state index is 3.49. The summed E-state index contributed by atoms with van der Waals surface area (Å²) < 4.78 is 0. The highest BCUT2D eigenvalue weighted by atomic mass is 14.8. The van der Waals surface area contributed by atoms with Crippen molar-refractivity contribution in [2.75, 3.05) is 13.6 Å². The van der Waals surface area contributed by atoms with Crippen molar-refractivity contribution in [3.8, 4) is 0 Å². The zero-order valence-electron chi connectivity index (χ0n) is 9.65. The summed E-state index contributed by atoms with van der Waals surface area (Å²) in [5.74, 6) is 0. The van der Waals surface area contributed by atoms with Crippen LogP contribution in [0.4, 0.5) is 0 Å². The zero-order valence-corrected chi connectivity index (χ0v) is 9.65. The quantitative estimate of drug-likeness (QED) is 0.786. The van der Waals surface area contributed by atoms with E-state index >= 15 is 0 Å². The van der Waals surface area contributed by atoms with Gasteiger partial charge < -0.3 is 10.3 Å². The highest BCUT2D eigenvalue weighted by Crippen LogP contribution is 2.22. The van der Waals surface area contributed by atoms with Gasteiger partial charge in [-0.3, -0.25) is 0 Å². The van der Waals surface area contributed by atoms with Crippen molar-refractivity contribution in [3.05, 3.63) is 35.0 Å². The van der Waals surface area contributed by atoms with Crippen molar-refractivity contribution in [2.45, 2.75) is 20.3 Å². The molecule has 2 N–H and O–H groups in total. The van der Waals surface area contributed by atoms with Gasteiger partial charge in [0.2, 0.25) is 0 Å². The number of fused-ring (bicyclic) bond motifs is 1. The average molecular weight is 202 g/mol. The Balaban J connectivity index is 2.45. The minimum atomic E-state index is 1.02. The highest BCUT2D eigenvalue weighted by molar-refractivity contribution is 5.85. The van der Waals surface area contributed by atoms with Gasteiger partial charge in [-0.2, -0.15) is 0 Å². The molecule has 1 aromatic carbocycles. The smallest absolute Gasteiger partial charge is 0.0459 e. The maximum Gasteiger partial charge on any atom is 0.0459 e. The van der Waals surface area contributed by atoms with Gasteiger partial charge in [-0.25, -0.2) is 0 Å². The molecular formula is C13H18N2. The molecule has 0 radical (unpaired) electrons. The molecule has 0 spiro atoms. The number of aromatic nitrogens is 1. The normalized spacial score (nSPS) is 11.1. The van der Waals surface area contributed by atoms with Gasteiger partial charge in [0.1, 0.15) is 0 Å². The van der Waals surface area contributed by atoms with Gasteiger partial charge in [-0.1, -0.05) is 11.6 Å². The first-order valence-electron chi connectivity index (χ1n) is 5.45. The lowest BCUT2D eigenvalue weighted by Crippen LogP contribution is -2.10. The standard InChI is InChI=1S/C13H18N2/c1-9-4-5-13-11(8-9)10(2)12(15-13)6-7-14-3/h4-5,8,14-15H,6-7H2,1-3H3. The summed E-state index contributed by atoms with van der Waals surface area (Å²) in [5, 5.41) is 4.54. The van der Waals surface area contributed by atoms with Crippen molar-refractivity contribution in [3.63, 3.8) is 0 Å². The predicted molar refractivity (Wildman–Crippen MR) is 65.4 cm³/mol. The van der Waals surface area contributed by atoms with Crippen molar-refractivity contribution >= 4 is 10.9 Å². The van der Waals surface area contributed by atoms with Crippen molar-refractivity contribution in [2.24, 2.45) is 0 Å². The second kappa shape index (κ2) is 4.07. The fourth-order valence-corrected chi connectivity index (χ4v) is 2.00. The first-order chi connectivity index (χ1) is 7.22. The van der Waals surface area contributed by atoms with Crippen LogP contribution in [0.25, 0.3) is 10.9 Å². The summed E-state index contributed by atoms with van der Waals surface area (Å²) in [4.78, 5) is 3.49. The lowest BCUT2D eigenvalue weighted by molar-refractivity contribution is 0.778. The van der Waals surface area contributed by atoms with Crippen molar-refractivity contribution < 1.29 is 0 Å². The van der Waals surface area contributed by atoms with Crippen LogP contribution in [0.2, 0.25) is 0 Å². The number of hydrogen-bond acceptors (Lipinski definition) is 1. The minimum Gasteiger partial charge on any atom is -0.358 e. The summed E-state index contributed by atoms with van der Waals surface area (Å²) >= 11 is 0. The Morgan fingerprint density at radius 3 is 2.80 bits per heavy atom. The number of H-pyrrole nitrogens is 1. The van der Waals surface area contributed by atoms with Crippen molar-refractivity contribution in [1.29, 1.82) is 0 Å². The molecule has 0 saturated carbocycles. The molecule has 0 unspecified atom stereocenters. The van der Waals surface area contributed by atoms with Crippen LogP contribution in [-0.4, -0.2) is 18.6 Å². The minimum absolute atomic E-state index is 1.02. The van der Waals surface area contributed by atoms with Crippen LogP contribution in [-0.2, 0) is 6.42 Å². The monoisotopic (exact) mass is 202 g/mol. The van der Waals surface area contributed by atoms with E-state index in [1.807, 2.05) is 7.05 Å². The molecule has 0 aliphatic carbocycles. The van der Waals surface area contributed by atoms with Crippen LogP contribution in [0.3, 0.4) is 0 Å². The Hall–Kier alpha value is -1.28. The van der Waals surface area contributed by atoms with Gasteiger partial charge in [-0.05, 0) is 38.6 Å². The van der Waals surface area contributed by atoms with Gasteiger partial charge >= 0.3 is 0 Å². The molecule has 1 aromatic heterocycles. The van der Waals surface area contributed by atoms with E-state index in [9.17, 15) is 0 Å². The summed E-state index contributed by atoms with van der Waals surface area (Å²) in [6.07, 6.45) is 1.07. The van der Waals surface area contributed by atoms with Crippen LogP contribution in [0.15, 0.2) is 18.2 Å². The number of likely N-dealkylation sites (N-methyl/N-ethyl adjacent to an activating group) is 1. The third kappa shape index (κ3) is 1.90. The molecule has 80 valence electrons. The molecule has 2 nitrogen and oxygen atoms in total. The molecule has 0 aliphatic heterocycles. The number of aromatic amines is 1. The molecule has 2 aromatic rings. The first-order valence-corrected chi connectivity index (χ1v) is 5.45. The topological polar surface area (TPSA) is 27.8 Å². The van der Waals surface area contributed by atoms with E-state index in [1.54, 1.807) is 0 Å². The second-order valence-electron chi connectivity index (χ2n) is 4.13. The average Bonchev–Trinajstić information content (AvgIpc) is 2.53. The molecule has 0 amide bonds. The highest BCUT2D eigenvalue weighted by Gasteiger charge is 2.06. The molecule has 15 heavy (non-hydrogen) atoms. The number of hydrogen-bond donors (Lipinski definition) is 2. The largest absolute Gasteiger partial charge is 0.358 e. The number of rotatable bonds is 3. The molecular weight excluding hydrogens is 184 g/mol. The van der Waals surface area contributed by atoms with E-state index in [0.717, 1.165) is 13.0 Å². The third-order valence-corrected chi connectivity index (χ3v) is 2.94. The number of benzene rings is 1. The number of aryl methyl sites for hydroxylation is 2. The van der Waals surface area contributed by atoms with E-state index in [-0.39, 0.29) is 0 Å². The molecule has 0 fully saturated rings.